The number of hydrogen-bond donors (Lipinski definition) is 1. The summed E-state index contributed by atoms with van der Waals surface area (Å²) in [6.07, 6.45) is 10.7. The van der Waals surface area contributed by atoms with Crippen LogP contribution in [-0.4, -0.2) is 73.6 Å². The van der Waals surface area contributed by atoms with E-state index in [4.69, 9.17) is 33.2 Å². The van der Waals surface area contributed by atoms with Crippen molar-refractivity contribution >= 4 is 40.7 Å². The summed E-state index contributed by atoms with van der Waals surface area (Å²) in [7, 11) is 0. The summed E-state index contributed by atoms with van der Waals surface area (Å²) in [5.74, 6) is 1.13. The Morgan fingerprint density at radius 3 is 2.62 bits per heavy atom. The van der Waals surface area contributed by atoms with E-state index in [0.717, 1.165) is 37.4 Å². The van der Waals surface area contributed by atoms with Crippen molar-refractivity contribution in [3.63, 3.8) is 0 Å². The number of anilines is 2. The summed E-state index contributed by atoms with van der Waals surface area (Å²) >= 11 is 12.8. The minimum absolute atomic E-state index is 0.0486. The summed E-state index contributed by atoms with van der Waals surface area (Å²) in [5, 5.41) is 15.2. The van der Waals surface area contributed by atoms with E-state index in [1.807, 2.05) is 16.8 Å². The van der Waals surface area contributed by atoms with Gasteiger partial charge >= 0.3 is 0 Å². The van der Waals surface area contributed by atoms with Gasteiger partial charge in [-0.25, -0.2) is 19.9 Å². The first-order valence-electron chi connectivity index (χ1n) is 12.6. The van der Waals surface area contributed by atoms with Crippen LogP contribution < -0.4 is 10.2 Å². The van der Waals surface area contributed by atoms with Crippen LogP contribution in [0.2, 0.25) is 10.0 Å². The largest absolute Gasteiger partial charge is 0.368 e. The lowest BCUT2D eigenvalue weighted by atomic mass is 10.1. The van der Waals surface area contributed by atoms with Gasteiger partial charge in [-0.1, -0.05) is 23.2 Å². The molecule has 1 N–H and O–H groups in total. The quantitative estimate of drug-likeness (QED) is 0.198. The molecule has 0 spiro atoms. The SMILES string of the molecule is O=[N+]([O-])c1ccc(NCCN(CCN2CCCC2)c2ncc(-n3ccnc3)c(-c3ccc(Cl)cc3Cl)n2)nc1. The standard InChI is InChI=1S/C26H27Cl2N9O2/c27-19-3-5-21(22(28)15-19)25-23(36-11-7-29-18-36)17-32-26(33-25)35(14-13-34-9-1-2-10-34)12-8-30-24-6-4-20(16-31-24)37(38)39/h3-7,11,15-18H,1-2,8-10,12-14H2,(H,30,31). The van der Waals surface area contributed by atoms with Crippen LogP contribution in [0.3, 0.4) is 0 Å². The zero-order chi connectivity index (χ0) is 27.2. The average Bonchev–Trinajstić information content (AvgIpc) is 3.66. The zero-order valence-electron chi connectivity index (χ0n) is 21.1. The third-order valence-electron chi connectivity index (χ3n) is 6.54. The van der Waals surface area contributed by atoms with E-state index in [1.54, 1.807) is 36.9 Å². The molecule has 13 heteroatoms. The summed E-state index contributed by atoms with van der Waals surface area (Å²) in [6.45, 7) is 4.92. The molecule has 1 saturated heterocycles. The van der Waals surface area contributed by atoms with Crippen LogP contribution in [0.15, 0.2) is 61.4 Å². The molecule has 3 aromatic heterocycles. The van der Waals surface area contributed by atoms with Gasteiger partial charge in [0, 0.05) is 55.2 Å². The molecular weight excluding hydrogens is 541 g/mol. The molecule has 0 atom stereocenters. The van der Waals surface area contributed by atoms with Gasteiger partial charge in [0.05, 0.1) is 28.2 Å². The van der Waals surface area contributed by atoms with Crippen LogP contribution in [-0.2, 0) is 0 Å². The summed E-state index contributed by atoms with van der Waals surface area (Å²) in [4.78, 5) is 33.1. The van der Waals surface area contributed by atoms with Crippen LogP contribution in [0.25, 0.3) is 16.9 Å². The van der Waals surface area contributed by atoms with Gasteiger partial charge in [-0.3, -0.25) is 10.1 Å². The molecule has 0 saturated carbocycles. The zero-order valence-corrected chi connectivity index (χ0v) is 22.6. The van der Waals surface area contributed by atoms with Crippen LogP contribution in [0, 0.1) is 10.1 Å². The van der Waals surface area contributed by atoms with Crippen LogP contribution in [0.4, 0.5) is 17.5 Å². The van der Waals surface area contributed by atoms with E-state index in [-0.39, 0.29) is 5.69 Å². The van der Waals surface area contributed by atoms with Crippen LogP contribution >= 0.6 is 23.2 Å². The molecule has 1 aliphatic rings. The van der Waals surface area contributed by atoms with Gasteiger partial charge in [0.1, 0.15) is 17.7 Å². The number of imidazole rings is 1. The average molecular weight is 568 g/mol. The molecule has 0 bridgehead atoms. The lowest BCUT2D eigenvalue weighted by molar-refractivity contribution is -0.385. The Bertz CT molecular complexity index is 1410. The second-order valence-corrected chi connectivity index (χ2v) is 9.96. The highest BCUT2D eigenvalue weighted by Crippen LogP contribution is 2.33. The van der Waals surface area contributed by atoms with Gasteiger partial charge in [0.25, 0.3) is 5.69 Å². The monoisotopic (exact) mass is 567 g/mol. The Morgan fingerprint density at radius 1 is 1.08 bits per heavy atom. The normalized spacial score (nSPS) is 13.5. The third-order valence-corrected chi connectivity index (χ3v) is 7.09. The highest BCUT2D eigenvalue weighted by atomic mass is 35.5. The second kappa shape index (κ2) is 12.4. The van der Waals surface area contributed by atoms with E-state index in [0.29, 0.717) is 40.6 Å². The first-order chi connectivity index (χ1) is 19.0. The Balaban J connectivity index is 1.42. The number of pyridine rings is 1. The summed E-state index contributed by atoms with van der Waals surface area (Å²) in [5.41, 5.74) is 2.10. The minimum atomic E-state index is -0.466. The van der Waals surface area contributed by atoms with Crippen molar-refractivity contribution in [2.45, 2.75) is 12.8 Å². The predicted octanol–water partition coefficient (Wildman–Crippen LogP) is 4.95. The lowest BCUT2D eigenvalue weighted by Crippen LogP contribution is -2.37. The molecule has 0 amide bonds. The van der Waals surface area contributed by atoms with Crippen LogP contribution in [0.1, 0.15) is 12.8 Å². The van der Waals surface area contributed by atoms with Crippen molar-refractivity contribution in [2.75, 3.05) is 49.5 Å². The number of benzene rings is 1. The number of rotatable bonds is 11. The Kier molecular flexibility index (Phi) is 8.50. The molecule has 4 aromatic rings. The molecule has 0 radical (unpaired) electrons. The molecular formula is C26H27Cl2N9O2. The Morgan fingerprint density at radius 2 is 1.92 bits per heavy atom. The summed E-state index contributed by atoms with van der Waals surface area (Å²) < 4.78 is 1.85. The molecule has 39 heavy (non-hydrogen) atoms. The molecule has 11 nitrogen and oxygen atoms in total. The molecule has 1 aliphatic heterocycles. The molecule has 4 heterocycles. The van der Waals surface area contributed by atoms with E-state index >= 15 is 0 Å². The van der Waals surface area contributed by atoms with Gasteiger partial charge in [-0.05, 0) is 50.2 Å². The summed E-state index contributed by atoms with van der Waals surface area (Å²) in [6, 6.07) is 8.37. The van der Waals surface area contributed by atoms with E-state index < -0.39 is 4.92 Å². The highest BCUT2D eigenvalue weighted by molar-refractivity contribution is 6.36. The third kappa shape index (κ3) is 6.62. The Hall–Kier alpha value is -3.80. The topological polar surface area (TPSA) is 118 Å². The van der Waals surface area contributed by atoms with Crippen molar-refractivity contribution < 1.29 is 4.92 Å². The maximum Gasteiger partial charge on any atom is 0.287 e. The van der Waals surface area contributed by atoms with Crippen molar-refractivity contribution in [1.82, 2.24) is 29.4 Å². The van der Waals surface area contributed by atoms with E-state index in [9.17, 15) is 10.1 Å². The fraction of sp³-hybridized carbons (Fsp3) is 0.308. The number of likely N-dealkylation sites (tertiary alicyclic amines) is 1. The molecule has 5 rings (SSSR count). The molecule has 0 unspecified atom stereocenters. The van der Waals surface area contributed by atoms with E-state index in [1.165, 1.54) is 25.1 Å². The number of nitro groups is 1. The highest BCUT2D eigenvalue weighted by Gasteiger charge is 2.19. The van der Waals surface area contributed by atoms with Gasteiger partial charge < -0.3 is 19.7 Å². The van der Waals surface area contributed by atoms with Crippen LogP contribution in [0.5, 0.6) is 0 Å². The lowest BCUT2D eigenvalue weighted by Gasteiger charge is -2.26. The second-order valence-electron chi connectivity index (χ2n) is 9.12. The van der Waals surface area contributed by atoms with Gasteiger partial charge in [-0.2, -0.15) is 0 Å². The smallest absolute Gasteiger partial charge is 0.287 e. The number of aromatic nitrogens is 5. The first-order valence-corrected chi connectivity index (χ1v) is 13.4. The molecule has 202 valence electrons. The minimum Gasteiger partial charge on any atom is -0.368 e. The predicted molar refractivity (Wildman–Crippen MR) is 152 cm³/mol. The van der Waals surface area contributed by atoms with Crippen molar-refractivity contribution in [3.8, 4) is 16.9 Å². The number of nitrogens with one attached hydrogen (secondary N) is 1. The molecule has 0 aliphatic carbocycles. The number of hydrogen-bond acceptors (Lipinski definition) is 9. The van der Waals surface area contributed by atoms with Crippen molar-refractivity contribution in [1.29, 1.82) is 0 Å². The van der Waals surface area contributed by atoms with Gasteiger partial charge in [0.2, 0.25) is 5.95 Å². The number of halogens is 2. The fourth-order valence-electron chi connectivity index (χ4n) is 4.49. The van der Waals surface area contributed by atoms with Crippen molar-refractivity contribution in [3.05, 3.63) is 81.6 Å². The van der Waals surface area contributed by atoms with Gasteiger partial charge in [-0.15, -0.1) is 0 Å². The maximum absolute atomic E-state index is 10.9. The van der Waals surface area contributed by atoms with Gasteiger partial charge in [0.15, 0.2) is 0 Å². The fourth-order valence-corrected chi connectivity index (χ4v) is 4.98. The number of nitrogens with zero attached hydrogens (tertiary/aromatic N) is 8. The molecule has 1 aromatic carbocycles. The van der Waals surface area contributed by atoms with E-state index in [2.05, 4.69) is 25.1 Å². The van der Waals surface area contributed by atoms with Crippen molar-refractivity contribution in [2.24, 2.45) is 0 Å². The Labute approximate surface area is 235 Å². The first kappa shape index (κ1) is 26.8. The molecule has 1 fully saturated rings. The maximum atomic E-state index is 10.9.